The first-order chi connectivity index (χ1) is 7.22. The summed E-state index contributed by atoms with van der Waals surface area (Å²) in [5.74, 6) is 0.882. The molecule has 0 aromatic heterocycles. The Balaban J connectivity index is 2.30. The molecule has 0 bridgehead atoms. The van der Waals surface area contributed by atoms with Gasteiger partial charge in [0.25, 0.3) is 0 Å². The van der Waals surface area contributed by atoms with E-state index in [1.165, 1.54) is 0 Å². The number of methoxy groups -OCH3 is 1. The third-order valence-corrected chi connectivity index (χ3v) is 2.24. The molecule has 3 nitrogen and oxygen atoms in total. The maximum atomic E-state index is 5.67. The molecule has 0 spiro atoms. The van der Waals surface area contributed by atoms with Crippen molar-refractivity contribution in [2.24, 2.45) is 5.73 Å². The van der Waals surface area contributed by atoms with Gasteiger partial charge >= 0.3 is 0 Å². The molecule has 15 heavy (non-hydrogen) atoms. The predicted molar refractivity (Wildman–Crippen MR) is 64.4 cm³/mol. The maximum Gasteiger partial charge on any atom is 0.120 e. The zero-order chi connectivity index (χ0) is 11.1. The lowest BCUT2D eigenvalue weighted by atomic mass is 10.2. The van der Waals surface area contributed by atoms with Gasteiger partial charge in [0.15, 0.2) is 0 Å². The van der Waals surface area contributed by atoms with E-state index in [2.05, 4.69) is 5.32 Å². The molecular formula is C12H20N2O. The average Bonchev–Trinajstić information content (AvgIpc) is 2.24. The first kappa shape index (κ1) is 11.9. The third kappa shape index (κ3) is 4.70. The molecule has 0 fully saturated rings. The van der Waals surface area contributed by atoms with Crippen LogP contribution in [0.3, 0.4) is 0 Å². The molecule has 0 radical (unpaired) electrons. The maximum absolute atomic E-state index is 5.67. The number of ether oxygens (including phenoxy) is 1. The van der Waals surface area contributed by atoms with Crippen molar-refractivity contribution < 1.29 is 4.74 Å². The molecule has 0 heterocycles. The van der Waals surface area contributed by atoms with Crippen molar-refractivity contribution in [3.8, 4) is 5.75 Å². The molecule has 0 saturated heterocycles. The fourth-order valence-electron chi connectivity index (χ4n) is 1.39. The molecule has 1 aromatic rings. The fraction of sp³-hybridized carbons (Fsp3) is 0.500. The van der Waals surface area contributed by atoms with Crippen molar-refractivity contribution in [3.63, 3.8) is 0 Å². The van der Waals surface area contributed by atoms with Gasteiger partial charge in [-0.3, -0.25) is 0 Å². The van der Waals surface area contributed by atoms with E-state index in [0.717, 1.165) is 30.8 Å². The smallest absolute Gasteiger partial charge is 0.120 e. The van der Waals surface area contributed by atoms with E-state index in [-0.39, 0.29) is 6.04 Å². The van der Waals surface area contributed by atoms with E-state index in [1.807, 2.05) is 31.2 Å². The number of rotatable bonds is 6. The summed E-state index contributed by atoms with van der Waals surface area (Å²) >= 11 is 0. The Morgan fingerprint density at radius 3 is 2.93 bits per heavy atom. The average molecular weight is 208 g/mol. The minimum absolute atomic E-state index is 0.289. The highest BCUT2D eigenvalue weighted by atomic mass is 16.5. The second-order valence-electron chi connectivity index (χ2n) is 3.78. The summed E-state index contributed by atoms with van der Waals surface area (Å²) in [5.41, 5.74) is 6.77. The van der Waals surface area contributed by atoms with Gasteiger partial charge in [-0.2, -0.15) is 0 Å². The molecule has 3 heteroatoms. The largest absolute Gasteiger partial charge is 0.497 e. The van der Waals surface area contributed by atoms with Gasteiger partial charge in [-0.15, -0.1) is 0 Å². The number of nitrogens with one attached hydrogen (secondary N) is 1. The van der Waals surface area contributed by atoms with Gasteiger partial charge in [-0.1, -0.05) is 6.07 Å². The van der Waals surface area contributed by atoms with E-state index in [9.17, 15) is 0 Å². The number of hydrogen-bond acceptors (Lipinski definition) is 3. The van der Waals surface area contributed by atoms with Gasteiger partial charge in [-0.05, 0) is 31.9 Å². The molecule has 0 saturated carbocycles. The highest BCUT2D eigenvalue weighted by molar-refractivity contribution is 5.47. The molecule has 0 aliphatic heterocycles. The van der Waals surface area contributed by atoms with Crippen LogP contribution in [0.25, 0.3) is 0 Å². The van der Waals surface area contributed by atoms with Crippen molar-refractivity contribution in [2.75, 3.05) is 19.0 Å². The van der Waals surface area contributed by atoms with Crippen LogP contribution < -0.4 is 15.8 Å². The summed E-state index contributed by atoms with van der Waals surface area (Å²) in [6, 6.07) is 8.23. The van der Waals surface area contributed by atoms with E-state index < -0.39 is 0 Å². The number of hydrogen-bond donors (Lipinski definition) is 2. The fourth-order valence-corrected chi connectivity index (χ4v) is 1.39. The normalized spacial score (nSPS) is 12.2. The van der Waals surface area contributed by atoms with Crippen LogP contribution in [0.15, 0.2) is 24.3 Å². The molecule has 1 unspecified atom stereocenters. The molecular weight excluding hydrogens is 188 g/mol. The van der Waals surface area contributed by atoms with E-state index in [0.29, 0.717) is 0 Å². The lowest BCUT2D eigenvalue weighted by molar-refractivity contribution is 0.415. The summed E-state index contributed by atoms with van der Waals surface area (Å²) in [6.45, 7) is 2.99. The first-order valence-electron chi connectivity index (χ1n) is 5.36. The number of anilines is 1. The van der Waals surface area contributed by atoms with Gasteiger partial charge in [0, 0.05) is 24.3 Å². The standard InChI is InChI=1S/C12H20N2O/c1-10(13)5-4-8-14-11-6-3-7-12(9-11)15-2/h3,6-7,9-10,14H,4-5,8,13H2,1-2H3. The Morgan fingerprint density at radius 2 is 2.27 bits per heavy atom. The van der Waals surface area contributed by atoms with Crippen molar-refractivity contribution in [2.45, 2.75) is 25.8 Å². The molecule has 84 valence electrons. The molecule has 0 aliphatic rings. The Morgan fingerprint density at radius 1 is 1.47 bits per heavy atom. The van der Waals surface area contributed by atoms with Gasteiger partial charge in [0.1, 0.15) is 5.75 Å². The van der Waals surface area contributed by atoms with Crippen LogP contribution in [0.1, 0.15) is 19.8 Å². The Labute approximate surface area is 91.6 Å². The monoisotopic (exact) mass is 208 g/mol. The quantitative estimate of drug-likeness (QED) is 0.705. The van der Waals surface area contributed by atoms with Gasteiger partial charge in [-0.25, -0.2) is 0 Å². The molecule has 3 N–H and O–H groups in total. The topological polar surface area (TPSA) is 47.3 Å². The van der Waals surface area contributed by atoms with E-state index in [4.69, 9.17) is 10.5 Å². The van der Waals surface area contributed by atoms with Crippen molar-refractivity contribution in [3.05, 3.63) is 24.3 Å². The third-order valence-electron chi connectivity index (χ3n) is 2.24. The van der Waals surface area contributed by atoms with Crippen molar-refractivity contribution >= 4 is 5.69 Å². The molecule has 0 aliphatic carbocycles. The van der Waals surface area contributed by atoms with Gasteiger partial charge < -0.3 is 15.8 Å². The lowest BCUT2D eigenvalue weighted by Crippen LogP contribution is -2.16. The van der Waals surface area contributed by atoms with Crippen LogP contribution in [-0.2, 0) is 0 Å². The summed E-state index contributed by atoms with van der Waals surface area (Å²) in [7, 11) is 1.68. The summed E-state index contributed by atoms with van der Waals surface area (Å²) < 4.78 is 5.14. The van der Waals surface area contributed by atoms with Crippen LogP contribution in [0.2, 0.25) is 0 Å². The van der Waals surface area contributed by atoms with Crippen LogP contribution in [-0.4, -0.2) is 19.7 Å². The Hall–Kier alpha value is -1.22. The van der Waals surface area contributed by atoms with Crippen LogP contribution in [0.5, 0.6) is 5.75 Å². The Bertz CT molecular complexity index is 287. The van der Waals surface area contributed by atoms with Crippen LogP contribution in [0.4, 0.5) is 5.69 Å². The van der Waals surface area contributed by atoms with Crippen molar-refractivity contribution in [1.82, 2.24) is 0 Å². The van der Waals surface area contributed by atoms with E-state index >= 15 is 0 Å². The summed E-state index contributed by atoms with van der Waals surface area (Å²) in [5, 5.41) is 3.34. The zero-order valence-corrected chi connectivity index (χ0v) is 9.49. The number of nitrogens with two attached hydrogens (primary N) is 1. The van der Waals surface area contributed by atoms with Crippen LogP contribution in [0, 0.1) is 0 Å². The van der Waals surface area contributed by atoms with Crippen LogP contribution >= 0.6 is 0 Å². The summed E-state index contributed by atoms with van der Waals surface area (Å²) in [6.07, 6.45) is 2.14. The second-order valence-corrected chi connectivity index (χ2v) is 3.78. The minimum atomic E-state index is 0.289. The minimum Gasteiger partial charge on any atom is -0.497 e. The van der Waals surface area contributed by atoms with Gasteiger partial charge in [0.2, 0.25) is 0 Å². The van der Waals surface area contributed by atoms with Gasteiger partial charge in [0.05, 0.1) is 7.11 Å². The molecule has 1 aromatic carbocycles. The molecule has 1 atom stereocenters. The SMILES string of the molecule is COc1cccc(NCCCC(C)N)c1. The highest BCUT2D eigenvalue weighted by Crippen LogP contribution is 2.16. The first-order valence-corrected chi connectivity index (χ1v) is 5.36. The Kier molecular flexibility index (Phi) is 4.98. The lowest BCUT2D eigenvalue weighted by Gasteiger charge is -2.09. The highest BCUT2D eigenvalue weighted by Gasteiger charge is 1.96. The second kappa shape index (κ2) is 6.30. The van der Waals surface area contributed by atoms with E-state index in [1.54, 1.807) is 7.11 Å². The molecule has 0 amide bonds. The summed E-state index contributed by atoms with van der Waals surface area (Å²) in [4.78, 5) is 0. The predicted octanol–water partition coefficient (Wildman–Crippen LogP) is 2.23. The zero-order valence-electron chi connectivity index (χ0n) is 9.49. The molecule has 1 rings (SSSR count). The van der Waals surface area contributed by atoms with Crippen molar-refractivity contribution in [1.29, 1.82) is 0 Å². The number of benzene rings is 1.